The lowest BCUT2D eigenvalue weighted by Gasteiger charge is -2.35. The van der Waals surface area contributed by atoms with Crippen molar-refractivity contribution in [3.05, 3.63) is 28.2 Å². The van der Waals surface area contributed by atoms with Gasteiger partial charge < -0.3 is 10.0 Å². The monoisotopic (exact) mass is 297 g/mol. The molecule has 1 aliphatic carbocycles. The maximum Gasteiger partial charge on any atom is 0.0541 e. The van der Waals surface area contributed by atoms with Crippen molar-refractivity contribution in [2.45, 2.75) is 44.8 Å². The average Bonchev–Trinajstić information content (AvgIpc) is 2.29. The van der Waals surface area contributed by atoms with E-state index in [2.05, 4.69) is 53.0 Å². The van der Waals surface area contributed by atoms with E-state index in [0.717, 1.165) is 30.2 Å². The van der Waals surface area contributed by atoms with Gasteiger partial charge in [0.25, 0.3) is 0 Å². The summed E-state index contributed by atoms with van der Waals surface area (Å²) in [4.78, 5) is 2.34. The van der Waals surface area contributed by atoms with Crippen LogP contribution in [0, 0.1) is 6.92 Å². The van der Waals surface area contributed by atoms with Crippen molar-refractivity contribution < 1.29 is 5.11 Å². The summed E-state index contributed by atoms with van der Waals surface area (Å²) in [5.74, 6) is 0. The van der Waals surface area contributed by atoms with E-state index >= 15 is 0 Å². The molecule has 94 valence electrons. The van der Waals surface area contributed by atoms with Crippen molar-refractivity contribution >= 4 is 21.6 Å². The lowest BCUT2D eigenvalue weighted by Crippen LogP contribution is -2.36. The Labute approximate surface area is 112 Å². The fourth-order valence-electron chi connectivity index (χ4n) is 2.54. The molecule has 0 unspecified atom stereocenters. The van der Waals surface area contributed by atoms with Crippen molar-refractivity contribution in [1.29, 1.82) is 0 Å². The van der Waals surface area contributed by atoms with Crippen molar-refractivity contribution in [3.8, 4) is 0 Å². The summed E-state index contributed by atoms with van der Waals surface area (Å²) in [5.41, 5.74) is 2.52. The highest BCUT2D eigenvalue weighted by Gasteiger charge is 2.23. The van der Waals surface area contributed by atoms with Crippen LogP contribution >= 0.6 is 15.9 Å². The van der Waals surface area contributed by atoms with Gasteiger partial charge in [-0.3, -0.25) is 0 Å². The Hall–Kier alpha value is -0.540. The summed E-state index contributed by atoms with van der Waals surface area (Å²) < 4.78 is 1.16. The highest BCUT2D eigenvalue weighted by molar-refractivity contribution is 9.10. The molecule has 0 spiro atoms. The fraction of sp³-hybridized carbons (Fsp3) is 0.571. The molecule has 1 N–H and O–H groups in total. The molecule has 1 aromatic carbocycles. The molecular weight excluding hydrogens is 278 g/mol. The summed E-state index contributed by atoms with van der Waals surface area (Å²) >= 11 is 3.64. The van der Waals surface area contributed by atoms with Crippen molar-refractivity contribution in [2.75, 3.05) is 11.9 Å². The molecule has 1 aromatic rings. The molecule has 0 aliphatic heterocycles. The zero-order valence-corrected chi connectivity index (χ0v) is 12.1. The van der Waals surface area contributed by atoms with E-state index in [1.807, 2.05) is 0 Å². The van der Waals surface area contributed by atoms with Gasteiger partial charge in [0.15, 0.2) is 0 Å². The van der Waals surface area contributed by atoms with Crippen molar-refractivity contribution in [3.63, 3.8) is 0 Å². The van der Waals surface area contributed by atoms with Crippen LogP contribution in [-0.2, 0) is 0 Å². The number of aliphatic hydroxyl groups is 1. The van der Waals surface area contributed by atoms with Crippen molar-refractivity contribution in [2.24, 2.45) is 0 Å². The third-order valence-corrected chi connectivity index (χ3v) is 4.33. The van der Waals surface area contributed by atoms with E-state index in [4.69, 9.17) is 0 Å². The number of rotatable bonds is 2. The van der Waals surface area contributed by atoms with Gasteiger partial charge in [-0.15, -0.1) is 0 Å². The number of aryl methyl sites for hydroxylation is 1. The van der Waals surface area contributed by atoms with Gasteiger partial charge in [0.1, 0.15) is 0 Å². The van der Waals surface area contributed by atoms with Crippen molar-refractivity contribution in [1.82, 2.24) is 0 Å². The van der Waals surface area contributed by atoms with Crippen LogP contribution in [0.5, 0.6) is 0 Å². The highest BCUT2D eigenvalue weighted by Crippen LogP contribution is 2.31. The second-order valence-electron chi connectivity index (χ2n) is 5.03. The first kappa shape index (κ1) is 12.9. The molecule has 0 aromatic heterocycles. The third kappa shape index (κ3) is 3.02. The minimum absolute atomic E-state index is 0.0823. The lowest BCUT2D eigenvalue weighted by atomic mass is 9.92. The zero-order valence-electron chi connectivity index (χ0n) is 10.5. The summed E-state index contributed by atoms with van der Waals surface area (Å²) in [6.07, 6.45) is 3.94. The number of aliphatic hydroxyl groups excluding tert-OH is 1. The van der Waals surface area contributed by atoms with Crippen LogP contribution in [0.4, 0.5) is 5.69 Å². The fourth-order valence-corrected chi connectivity index (χ4v) is 3.31. The summed E-state index contributed by atoms with van der Waals surface area (Å²) in [7, 11) is 2.15. The first-order valence-corrected chi connectivity index (χ1v) is 7.04. The molecule has 0 saturated heterocycles. The molecule has 0 amide bonds. The molecule has 17 heavy (non-hydrogen) atoms. The van der Waals surface area contributed by atoms with E-state index < -0.39 is 0 Å². The number of hydrogen-bond acceptors (Lipinski definition) is 2. The van der Waals surface area contributed by atoms with Gasteiger partial charge in [-0.25, -0.2) is 0 Å². The van der Waals surface area contributed by atoms with Crippen LogP contribution < -0.4 is 4.90 Å². The predicted molar refractivity (Wildman–Crippen MR) is 75.5 cm³/mol. The smallest absolute Gasteiger partial charge is 0.0541 e. The highest BCUT2D eigenvalue weighted by atomic mass is 79.9. The van der Waals surface area contributed by atoms with Gasteiger partial charge in [0, 0.05) is 17.6 Å². The van der Waals surface area contributed by atoms with Crippen LogP contribution in [0.25, 0.3) is 0 Å². The number of nitrogens with zero attached hydrogens (tertiary/aromatic N) is 1. The molecule has 0 bridgehead atoms. The molecule has 0 radical (unpaired) electrons. The Morgan fingerprint density at radius 2 is 1.88 bits per heavy atom. The molecule has 0 heterocycles. The average molecular weight is 298 g/mol. The van der Waals surface area contributed by atoms with Gasteiger partial charge in [-0.2, -0.15) is 0 Å². The summed E-state index contributed by atoms with van der Waals surface area (Å²) in [6.45, 7) is 2.10. The molecule has 2 nitrogen and oxygen atoms in total. The maximum atomic E-state index is 9.54. The Morgan fingerprint density at radius 1 is 1.24 bits per heavy atom. The van der Waals surface area contributed by atoms with Crippen LogP contribution in [0.2, 0.25) is 0 Å². The van der Waals surface area contributed by atoms with E-state index in [9.17, 15) is 5.11 Å². The van der Waals surface area contributed by atoms with Crippen LogP contribution in [0.3, 0.4) is 0 Å². The van der Waals surface area contributed by atoms with Gasteiger partial charge >= 0.3 is 0 Å². The second kappa shape index (κ2) is 5.40. The molecule has 0 atom stereocenters. The number of benzene rings is 1. The van der Waals surface area contributed by atoms with Crippen LogP contribution in [0.1, 0.15) is 31.2 Å². The Balaban J connectivity index is 2.11. The van der Waals surface area contributed by atoms with Gasteiger partial charge in [0.2, 0.25) is 0 Å². The molecule has 1 saturated carbocycles. The summed E-state index contributed by atoms with van der Waals surface area (Å²) in [6, 6.07) is 7.03. The number of hydrogen-bond donors (Lipinski definition) is 1. The molecule has 1 fully saturated rings. The third-order valence-electron chi connectivity index (χ3n) is 3.70. The number of halogens is 1. The first-order valence-electron chi connectivity index (χ1n) is 6.25. The largest absolute Gasteiger partial charge is 0.393 e. The predicted octanol–water partition coefficient (Wildman–Crippen LogP) is 3.50. The standard InChI is InChI=1S/C14H20BrNO/c1-10-3-8-14(13(15)9-10)16(2)11-4-6-12(17)7-5-11/h3,8-9,11-12,17H,4-7H2,1-2H3. The Morgan fingerprint density at radius 3 is 2.47 bits per heavy atom. The second-order valence-corrected chi connectivity index (χ2v) is 5.88. The SMILES string of the molecule is Cc1ccc(N(C)C2CCC(O)CC2)c(Br)c1. The molecular formula is C14H20BrNO. The van der Waals surface area contributed by atoms with E-state index in [1.54, 1.807) is 0 Å². The zero-order chi connectivity index (χ0) is 12.4. The normalized spacial score (nSPS) is 24.7. The topological polar surface area (TPSA) is 23.5 Å². The minimum atomic E-state index is -0.0823. The van der Waals surface area contributed by atoms with Gasteiger partial charge in [-0.1, -0.05) is 6.07 Å². The molecule has 1 aliphatic rings. The quantitative estimate of drug-likeness (QED) is 0.903. The number of anilines is 1. The first-order chi connectivity index (χ1) is 8.08. The lowest BCUT2D eigenvalue weighted by molar-refractivity contribution is 0.122. The maximum absolute atomic E-state index is 9.54. The van der Waals surface area contributed by atoms with Crippen LogP contribution in [0.15, 0.2) is 22.7 Å². The Kier molecular flexibility index (Phi) is 4.10. The van der Waals surface area contributed by atoms with E-state index in [1.165, 1.54) is 11.3 Å². The van der Waals surface area contributed by atoms with Gasteiger partial charge in [-0.05, 0) is 66.2 Å². The van der Waals surface area contributed by atoms with E-state index in [0.29, 0.717) is 6.04 Å². The minimum Gasteiger partial charge on any atom is -0.393 e. The van der Waals surface area contributed by atoms with Gasteiger partial charge in [0.05, 0.1) is 11.8 Å². The molecule has 2 rings (SSSR count). The summed E-state index contributed by atoms with van der Waals surface area (Å²) in [5, 5.41) is 9.54. The van der Waals surface area contributed by atoms with E-state index in [-0.39, 0.29) is 6.10 Å². The Bertz CT molecular complexity index is 386. The molecule has 3 heteroatoms. The van der Waals surface area contributed by atoms with Crippen LogP contribution in [-0.4, -0.2) is 24.3 Å².